The fourth-order valence-electron chi connectivity index (χ4n) is 5.35. The molecule has 0 saturated carbocycles. The molecule has 0 spiro atoms. The van der Waals surface area contributed by atoms with Crippen molar-refractivity contribution in [1.29, 1.82) is 0 Å². The lowest BCUT2D eigenvalue weighted by Crippen LogP contribution is -2.45. The van der Waals surface area contributed by atoms with Crippen LogP contribution in [0.15, 0.2) is 12.2 Å². The first kappa shape index (κ1) is 18.2. The normalized spacial score (nSPS) is 35.5. The van der Waals surface area contributed by atoms with Crippen molar-refractivity contribution in [3.05, 3.63) is 29.1 Å². The Kier molecular flexibility index (Phi) is 4.53. The van der Waals surface area contributed by atoms with Gasteiger partial charge in [-0.3, -0.25) is 10.00 Å². The van der Waals surface area contributed by atoms with E-state index in [0.29, 0.717) is 23.4 Å². The van der Waals surface area contributed by atoms with Crippen molar-refractivity contribution in [2.24, 2.45) is 11.3 Å². The number of nitrogens with one attached hydrogen (secondary N) is 2. The van der Waals surface area contributed by atoms with Crippen LogP contribution < -0.4 is 5.32 Å². The van der Waals surface area contributed by atoms with Crippen molar-refractivity contribution in [1.82, 2.24) is 20.4 Å². The Labute approximate surface area is 157 Å². The largest absolute Gasteiger partial charge is 0.395 e. The minimum Gasteiger partial charge on any atom is -0.395 e. The summed E-state index contributed by atoms with van der Waals surface area (Å²) < 4.78 is 0. The van der Waals surface area contributed by atoms with Crippen molar-refractivity contribution in [2.75, 3.05) is 20.2 Å². The highest BCUT2D eigenvalue weighted by Crippen LogP contribution is 2.44. The van der Waals surface area contributed by atoms with Gasteiger partial charge in [0.15, 0.2) is 0 Å². The molecule has 1 aliphatic heterocycles. The summed E-state index contributed by atoms with van der Waals surface area (Å²) in [6, 6.07) is 0.899. The molecule has 26 heavy (non-hydrogen) atoms. The van der Waals surface area contributed by atoms with E-state index in [0.717, 1.165) is 32.2 Å². The predicted octanol–water partition coefficient (Wildman–Crippen LogP) is 2.37. The summed E-state index contributed by atoms with van der Waals surface area (Å²) in [7, 11) is 2.10. The van der Waals surface area contributed by atoms with Gasteiger partial charge in [-0.2, -0.15) is 5.10 Å². The van der Waals surface area contributed by atoms with E-state index < -0.39 is 0 Å². The lowest BCUT2D eigenvalue weighted by Gasteiger charge is -2.33. The van der Waals surface area contributed by atoms with E-state index >= 15 is 0 Å². The van der Waals surface area contributed by atoms with Gasteiger partial charge in [0, 0.05) is 24.3 Å². The summed E-state index contributed by atoms with van der Waals surface area (Å²) in [5.74, 6) is 0.575. The Morgan fingerprint density at radius 1 is 1.31 bits per heavy atom. The van der Waals surface area contributed by atoms with E-state index in [4.69, 9.17) is 5.10 Å². The molecule has 0 aromatic carbocycles. The van der Waals surface area contributed by atoms with E-state index in [1.54, 1.807) is 0 Å². The van der Waals surface area contributed by atoms with Crippen LogP contribution in [0.25, 0.3) is 0 Å². The molecule has 1 fully saturated rings. The molecule has 3 unspecified atom stereocenters. The number of rotatable bonds is 4. The quantitative estimate of drug-likeness (QED) is 0.723. The number of likely N-dealkylation sites (N-methyl/N-ethyl adjacent to an activating group) is 1. The number of hydrogen-bond donors (Lipinski definition) is 3. The van der Waals surface area contributed by atoms with E-state index in [1.165, 1.54) is 23.4 Å². The van der Waals surface area contributed by atoms with Gasteiger partial charge >= 0.3 is 0 Å². The van der Waals surface area contributed by atoms with Gasteiger partial charge in [0.05, 0.1) is 17.8 Å². The fraction of sp³-hybridized carbons (Fsp3) is 0.762. The minimum atomic E-state index is -0.0460. The Balaban J connectivity index is 1.53. The van der Waals surface area contributed by atoms with Gasteiger partial charge in [-0.25, -0.2) is 0 Å². The molecular formula is C21H34N4O. The zero-order valence-corrected chi connectivity index (χ0v) is 16.7. The third-order valence-corrected chi connectivity index (χ3v) is 6.94. The second-order valence-corrected chi connectivity index (χ2v) is 9.71. The molecule has 4 atom stereocenters. The van der Waals surface area contributed by atoms with E-state index in [1.807, 2.05) is 0 Å². The van der Waals surface area contributed by atoms with Gasteiger partial charge in [0.2, 0.25) is 0 Å². The first-order chi connectivity index (χ1) is 12.3. The molecular weight excluding hydrogens is 324 g/mol. The van der Waals surface area contributed by atoms with Crippen molar-refractivity contribution in [2.45, 2.75) is 70.5 Å². The number of hydrogen-bond acceptors (Lipinski definition) is 4. The molecule has 1 saturated heterocycles. The maximum Gasteiger partial charge on any atom is 0.0855 e. The second kappa shape index (κ2) is 6.47. The van der Waals surface area contributed by atoms with E-state index in [9.17, 15) is 5.11 Å². The first-order valence-corrected chi connectivity index (χ1v) is 10.1. The van der Waals surface area contributed by atoms with Crippen LogP contribution in [0.3, 0.4) is 0 Å². The molecule has 0 radical (unpaired) electrons. The van der Waals surface area contributed by atoms with Crippen LogP contribution in [-0.4, -0.2) is 52.5 Å². The zero-order chi connectivity index (χ0) is 18.5. The van der Waals surface area contributed by atoms with E-state index in [2.05, 4.69) is 55.3 Å². The Bertz CT molecular complexity index is 694. The van der Waals surface area contributed by atoms with Crippen LogP contribution in [0, 0.1) is 11.3 Å². The topological polar surface area (TPSA) is 64.2 Å². The molecule has 1 aromatic heterocycles. The number of H-pyrrole nitrogens is 1. The van der Waals surface area contributed by atoms with Crippen molar-refractivity contribution in [3.8, 4) is 0 Å². The summed E-state index contributed by atoms with van der Waals surface area (Å²) >= 11 is 0. The van der Waals surface area contributed by atoms with Gasteiger partial charge in [0.25, 0.3) is 0 Å². The predicted molar refractivity (Wildman–Crippen MR) is 104 cm³/mol. The lowest BCUT2D eigenvalue weighted by atomic mass is 9.74. The molecule has 2 aliphatic carbocycles. The highest BCUT2D eigenvalue weighted by Gasteiger charge is 2.47. The van der Waals surface area contributed by atoms with Gasteiger partial charge in [-0.05, 0) is 63.0 Å². The lowest BCUT2D eigenvalue weighted by molar-refractivity contribution is 0.180. The summed E-state index contributed by atoms with van der Waals surface area (Å²) in [6.45, 7) is 7.99. The van der Waals surface area contributed by atoms with E-state index in [-0.39, 0.29) is 12.1 Å². The molecule has 5 nitrogen and oxygen atoms in total. The summed E-state index contributed by atoms with van der Waals surface area (Å²) in [6.07, 6.45) is 10.4. The minimum absolute atomic E-state index is 0.0460. The molecule has 3 aliphatic rings. The third-order valence-electron chi connectivity index (χ3n) is 6.94. The van der Waals surface area contributed by atoms with Gasteiger partial charge in [-0.1, -0.05) is 26.0 Å². The molecule has 0 bridgehead atoms. The van der Waals surface area contributed by atoms with Crippen molar-refractivity contribution >= 4 is 0 Å². The Morgan fingerprint density at radius 3 is 2.88 bits per heavy atom. The first-order valence-electron chi connectivity index (χ1n) is 10.1. The van der Waals surface area contributed by atoms with Crippen molar-refractivity contribution < 1.29 is 5.11 Å². The summed E-state index contributed by atoms with van der Waals surface area (Å²) in [5.41, 5.74) is 4.41. The molecule has 2 heterocycles. The number of aliphatic hydroxyl groups excluding tert-OH is 1. The third kappa shape index (κ3) is 3.14. The zero-order valence-electron chi connectivity index (χ0n) is 16.7. The Morgan fingerprint density at radius 2 is 2.12 bits per heavy atom. The van der Waals surface area contributed by atoms with Crippen LogP contribution in [0.5, 0.6) is 0 Å². The summed E-state index contributed by atoms with van der Waals surface area (Å²) in [5, 5.41) is 21.3. The number of aromatic nitrogens is 2. The maximum atomic E-state index is 9.22. The van der Waals surface area contributed by atoms with Crippen molar-refractivity contribution in [3.63, 3.8) is 0 Å². The second-order valence-electron chi connectivity index (χ2n) is 9.71. The maximum absolute atomic E-state index is 9.22. The number of aliphatic hydroxyl groups is 1. The van der Waals surface area contributed by atoms with Crippen LogP contribution in [0.4, 0.5) is 0 Å². The fourth-order valence-corrected chi connectivity index (χ4v) is 5.35. The molecule has 1 aromatic rings. The van der Waals surface area contributed by atoms with Gasteiger partial charge in [0.1, 0.15) is 0 Å². The average molecular weight is 359 g/mol. The molecule has 144 valence electrons. The SMILES string of the molecule is CN(CCO)C1C=CC2C[C@](C)(c3n[nH]c4c3CCC(C)(C)C4)NC2C1. The van der Waals surface area contributed by atoms with Crippen LogP contribution in [-0.2, 0) is 18.4 Å². The summed E-state index contributed by atoms with van der Waals surface area (Å²) in [4.78, 5) is 2.25. The highest BCUT2D eigenvalue weighted by atomic mass is 16.3. The van der Waals surface area contributed by atoms with Gasteiger partial charge < -0.3 is 10.4 Å². The average Bonchev–Trinajstić information content (AvgIpc) is 3.13. The molecule has 0 amide bonds. The number of nitrogens with zero attached hydrogens (tertiary/aromatic N) is 2. The van der Waals surface area contributed by atoms with Crippen LogP contribution >= 0.6 is 0 Å². The molecule has 4 rings (SSSR count). The smallest absolute Gasteiger partial charge is 0.0855 e. The van der Waals surface area contributed by atoms with Crippen LogP contribution in [0.1, 0.15) is 57.0 Å². The van der Waals surface area contributed by atoms with Gasteiger partial charge in [-0.15, -0.1) is 0 Å². The molecule has 3 N–H and O–H groups in total. The highest BCUT2D eigenvalue weighted by molar-refractivity contribution is 5.35. The monoisotopic (exact) mass is 358 g/mol. The number of aromatic amines is 1. The number of fused-ring (bicyclic) bond motifs is 2. The van der Waals surface area contributed by atoms with Crippen LogP contribution in [0.2, 0.25) is 0 Å². The standard InChI is InChI=1S/C21H34N4O/c1-20(2)8-7-16-18(13-20)23-24-19(16)21(3)12-14-5-6-15(11-17(14)22-21)25(4)9-10-26/h5-6,14-15,17,22,26H,7-13H2,1-4H3,(H,23,24)/t14?,15?,17?,21-/m1/s1. The molecule has 5 heteroatoms. The Hall–Kier alpha value is -1.17.